The summed E-state index contributed by atoms with van der Waals surface area (Å²) in [5.41, 5.74) is 6.05. The predicted octanol–water partition coefficient (Wildman–Crippen LogP) is 4.92. The Bertz CT molecular complexity index is 1100. The van der Waals surface area contributed by atoms with Crippen molar-refractivity contribution in [3.05, 3.63) is 67.1 Å². The first kappa shape index (κ1) is 18.0. The second-order valence-corrected chi connectivity index (χ2v) is 7.28. The first-order chi connectivity index (χ1) is 13.5. The Hall–Kier alpha value is -3.34. The van der Waals surface area contributed by atoms with E-state index in [1.807, 2.05) is 70.8 Å². The van der Waals surface area contributed by atoms with E-state index in [0.717, 1.165) is 33.9 Å². The lowest BCUT2D eigenvalue weighted by molar-refractivity contribution is 0.242. The number of benzene rings is 2. The van der Waals surface area contributed by atoms with Crippen LogP contribution in [-0.4, -0.2) is 34.6 Å². The van der Waals surface area contributed by atoms with Gasteiger partial charge in [-0.05, 0) is 38.1 Å². The van der Waals surface area contributed by atoms with E-state index in [-0.39, 0.29) is 6.10 Å². The largest absolute Gasteiger partial charge is 0.491 e. The van der Waals surface area contributed by atoms with Crippen LogP contribution in [0.1, 0.15) is 13.8 Å². The average Bonchev–Trinajstić information content (AvgIpc) is 3.11. The normalized spacial score (nSPS) is 11.2. The van der Waals surface area contributed by atoms with Gasteiger partial charge in [-0.15, -0.1) is 0 Å². The minimum atomic E-state index is 0.135. The SMILES string of the molecule is CC(C)Oc1cccc(-c2cn3c(-c4ccc(N(C)C)cc4)cnc3cn2)c1. The van der Waals surface area contributed by atoms with Crippen LogP contribution in [0.5, 0.6) is 5.75 Å². The molecule has 0 amide bonds. The van der Waals surface area contributed by atoms with Gasteiger partial charge in [-0.3, -0.25) is 9.38 Å². The van der Waals surface area contributed by atoms with Gasteiger partial charge in [0.05, 0.1) is 29.9 Å². The molecule has 2 heterocycles. The third kappa shape index (κ3) is 3.56. The van der Waals surface area contributed by atoms with E-state index in [1.165, 1.54) is 5.69 Å². The highest BCUT2D eigenvalue weighted by Gasteiger charge is 2.10. The third-order valence-corrected chi connectivity index (χ3v) is 4.58. The van der Waals surface area contributed by atoms with E-state index < -0.39 is 0 Å². The molecule has 142 valence electrons. The average molecular weight is 372 g/mol. The Morgan fingerprint density at radius 2 is 1.71 bits per heavy atom. The maximum Gasteiger partial charge on any atom is 0.155 e. The van der Waals surface area contributed by atoms with Gasteiger partial charge in [0.2, 0.25) is 0 Å². The van der Waals surface area contributed by atoms with E-state index in [1.54, 1.807) is 0 Å². The van der Waals surface area contributed by atoms with E-state index in [2.05, 4.69) is 43.5 Å². The number of aromatic nitrogens is 3. The third-order valence-electron chi connectivity index (χ3n) is 4.58. The molecule has 0 aliphatic heterocycles. The molecule has 0 fully saturated rings. The van der Waals surface area contributed by atoms with Gasteiger partial charge in [0, 0.05) is 37.1 Å². The molecule has 4 aromatic rings. The number of ether oxygens (including phenoxy) is 1. The number of rotatable bonds is 5. The van der Waals surface area contributed by atoms with Crippen LogP contribution in [-0.2, 0) is 0 Å². The zero-order chi connectivity index (χ0) is 19.7. The van der Waals surface area contributed by atoms with Gasteiger partial charge in [0.25, 0.3) is 0 Å². The molecular weight excluding hydrogens is 348 g/mol. The number of fused-ring (bicyclic) bond motifs is 1. The molecule has 0 atom stereocenters. The van der Waals surface area contributed by atoms with Gasteiger partial charge in [-0.25, -0.2) is 4.98 Å². The minimum absolute atomic E-state index is 0.135. The maximum absolute atomic E-state index is 5.82. The molecule has 0 saturated carbocycles. The molecule has 4 rings (SSSR count). The lowest BCUT2D eigenvalue weighted by atomic mass is 10.1. The van der Waals surface area contributed by atoms with Gasteiger partial charge >= 0.3 is 0 Å². The molecule has 0 N–H and O–H groups in total. The van der Waals surface area contributed by atoms with Crippen molar-refractivity contribution in [2.45, 2.75) is 20.0 Å². The Labute approximate surface area is 165 Å². The molecule has 0 bridgehead atoms. The highest BCUT2D eigenvalue weighted by atomic mass is 16.5. The summed E-state index contributed by atoms with van der Waals surface area (Å²) in [5, 5.41) is 0. The standard InChI is InChI=1S/C23H24N4O/c1-16(2)28-20-7-5-6-18(12-20)21-15-27-22(13-25-23(27)14-24-21)17-8-10-19(11-9-17)26(3)4/h5-16H,1-4H3. The smallest absolute Gasteiger partial charge is 0.155 e. The summed E-state index contributed by atoms with van der Waals surface area (Å²) in [6, 6.07) is 16.5. The van der Waals surface area contributed by atoms with Gasteiger partial charge < -0.3 is 9.64 Å². The van der Waals surface area contributed by atoms with Crippen LogP contribution in [0, 0.1) is 0 Å². The fourth-order valence-corrected chi connectivity index (χ4v) is 3.18. The lowest BCUT2D eigenvalue weighted by Crippen LogP contribution is -2.07. The van der Waals surface area contributed by atoms with E-state index in [9.17, 15) is 0 Å². The Balaban J connectivity index is 1.74. The number of hydrogen-bond donors (Lipinski definition) is 0. The Morgan fingerprint density at radius 1 is 0.929 bits per heavy atom. The summed E-state index contributed by atoms with van der Waals surface area (Å²) in [6.07, 6.45) is 5.87. The second kappa shape index (κ2) is 7.35. The van der Waals surface area contributed by atoms with E-state index in [4.69, 9.17) is 4.74 Å². The highest BCUT2D eigenvalue weighted by molar-refractivity contribution is 5.68. The van der Waals surface area contributed by atoms with Crippen molar-refractivity contribution in [3.8, 4) is 28.3 Å². The number of hydrogen-bond acceptors (Lipinski definition) is 4. The highest BCUT2D eigenvalue weighted by Crippen LogP contribution is 2.27. The Morgan fingerprint density at radius 3 is 2.43 bits per heavy atom. The molecule has 0 unspecified atom stereocenters. The van der Waals surface area contributed by atoms with E-state index >= 15 is 0 Å². The summed E-state index contributed by atoms with van der Waals surface area (Å²) < 4.78 is 7.91. The number of imidazole rings is 1. The van der Waals surface area contributed by atoms with Crippen LogP contribution in [0.2, 0.25) is 0 Å². The van der Waals surface area contributed by atoms with Crippen molar-refractivity contribution in [2.75, 3.05) is 19.0 Å². The van der Waals surface area contributed by atoms with Gasteiger partial charge in [-0.1, -0.05) is 24.3 Å². The summed E-state index contributed by atoms with van der Waals surface area (Å²) in [7, 11) is 4.08. The summed E-state index contributed by atoms with van der Waals surface area (Å²) in [4.78, 5) is 11.2. The molecule has 0 aliphatic rings. The molecule has 28 heavy (non-hydrogen) atoms. The quantitative estimate of drug-likeness (QED) is 0.499. The summed E-state index contributed by atoms with van der Waals surface area (Å²) in [6.45, 7) is 4.05. The molecule has 2 aromatic heterocycles. The van der Waals surface area contributed by atoms with Gasteiger partial charge in [0.1, 0.15) is 5.75 Å². The zero-order valence-electron chi connectivity index (χ0n) is 16.6. The number of nitrogens with zero attached hydrogens (tertiary/aromatic N) is 4. The van der Waals surface area contributed by atoms with Crippen molar-refractivity contribution in [3.63, 3.8) is 0 Å². The van der Waals surface area contributed by atoms with Crippen LogP contribution in [0.25, 0.3) is 28.2 Å². The zero-order valence-corrected chi connectivity index (χ0v) is 16.6. The molecule has 0 spiro atoms. The van der Waals surface area contributed by atoms with Crippen molar-refractivity contribution < 1.29 is 4.74 Å². The van der Waals surface area contributed by atoms with Crippen LogP contribution < -0.4 is 9.64 Å². The topological polar surface area (TPSA) is 42.7 Å². The molecule has 2 aromatic carbocycles. The molecule has 0 saturated heterocycles. The van der Waals surface area contributed by atoms with Crippen molar-refractivity contribution in [2.24, 2.45) is 0 Å². The predicted molar refractivity (Wildman–Crippen MR) is 114 cm³/mol. The van der Waals surface area contributed by atoms with E-state index in [0.29, 0.717) is 0 Å². The van der Waals surface area contributed by atoms with Crippen LogP contribution in [0.3, 0.4) is 0 Å². The fourth-order valence-electron chi connectivity index (χ4n) is 3.18. The van der Waals surface area contributed by atoms with Crippen LogP contribution >= 0.6 is 0 Å². The van der Waals surface area contributed by atoms with Gasteiger partial charge in [0.15, 0.2) is 5.65 Å². The molecule has 5 heteroatoms. The number of anilines is 1. The summed E-state index contributed by atoms with van der Waals surface area (Å²) >= 11 is 0. The molecular formula is C23H24N4O. The molecule has 0 aliphatic carbocycles. The van der Waals surface area contributed by atoms with Crippen LogP contribution in [0.4, 0.5) is 5.69 Å². The van der Waals surface area contributed by atoms with Crippen molar-refractivity contribution in [1.29, 1.82) is 0 Å². The fraction of sp³-hybridized carbons (Fsp3) is 0.217. The lowest BCUT2D eigenvalue weighted by Gasteiger charge is -2.13. The van der Waals surface area contributed by atoms with Crippen molar-refractivity contribution in [1.82, 2.24) is 14.4 Å². The van der Waals surface area contributed by atoms with Crippen LogP contribution in [0.15, 0.2) is 67.1 Å². The molecule has 5 nitrogen and oxygen atoms in total. The second-order valence-electron chi connectivity index (χ2n) is 7.28. The first-order valence-electron chi connectivity index (χ1n) is 9.39. The van der Waals surface area contributed by atoms with Gasteiger partial charge in [-0.2, -0.15) is 0 Å². The summed E-state index contributed by atoms with van der Waals surface area (Å²) in [5.74, 6) is 0.847. The van der Waals surface area contributed by atoms with Crippen molar-refractivity contribution >= 4 is 11.3 Å². The minimum Gasteiger partial charge on any atom is -0.491 e. The monoisotopic (exact) mass is 372 g/mol. The maximum atomic E-state index is 5.82. The molecule has 0 radical (unpaired) electrons. The first-order valence-corrected chi connectivity index (χ1v) is 9.39. The Kier molecular flexibility index (Phi) is 4.74.